The Morgan fingerprint density at radius 2 is 2.14 bits per heavy atom. The van der Waals surface area contributed by atoms with E-state index in [4.69, 9.17) is 4.74 Å². The third kappa shape index (κ3) is 4.84. The smallest absolute Gasteiger partial charge is 0.265 e. The number of aromatic nitrogens is 2. The monoisotopic (exact) mass is 309 g/mol. The lowest BCUT2D eigenvalue weighted by molar-refractivity contribution is -0.122. The van der Waals surface area contributed by atoms with Crippen molar-refractivity contribution >= 4 is 5.91 Å². The summed E-state index contributed by atoms with van der Waals surface area (Å²) in [6, 6.07) is 2.27. The highest BCUT2D eigenvalue weighted by atomic mass is 16.5. The summed E-state index contributed by atoms with van der Waals surface area (Å²) < 4.78 is 6.79. The summed E-state index contributed by atoms with van der Waals surface area (Å²) in [6.45, 7) is 2.85. The molecule has 1 fully saturated rings. The maximum Gasteiger partial charge on any atom is 0.265 e. The maximum absolute atomic E-state index is 11.7. The van der Waals surface area contributed by atoms with Gasteiger partial charge in [-0.25, -0.2) is 4.68 Å². The lowest BCUT2D eigenvalue weighted by Crippen LogP contribution is -2.37. The molecule has 0 radical (unpaired) electrons. The van der Waals surface area contributed by atoms with Gasteiger partial charge in [0.05, 0.1) is 12.7 Å². The molecule has 1 heterocycles. The van der Waals surface area contributed by atoms with E-state index in [0.717, 1.165) is 23.2 Å². The first-order valence-corrected chi connectivity index (χ1v) is 7.75. The molecule has 0 spiro atoms. The van der Waals surface area contributed by atoms with E-state index < -0.39 is 11.1 Å². The zero-order valence-electron chi connectivity index (χ0n) is 12.8. The van der Waals surface area contributed by atoms with E-state index in [-0.39, 0.29) is 18.6 Å². The normalized spacial score (nSPS) is 21.5. The van der Waals surface area contributed by atoms with Crippen LogP contribution in [0.5, 0.6) is 0 Å². The van der Waals surface area contributed by atoms with Crippen LogP contribution in [0.3, 0.4) is 0 Å². The Labute approximate surface area is 128 Å². The van der Waals surface area contributed by atoms with Crippen LogP contribution < -0.4 is 16.4 Å². The van der Waals surface area contributed by atoms with Crippen molar-refractivity contribution in [1.29, 1.82) is 0 Å². The molecule has 1 saturated carbocycles. The maximum atomic E-state index is 11.7. The van der Waals surface area contributed by atoms with Gasteiger partial charge in [0.2, 0.25) is 5.91 Å². The van der Waals surface area contributed by atoms with E-state index in [9.17, 15) is 14.4 Å². The fourth-order valence-electron chi connectivity index (χ4n) is 2.71. The summed E-state index contributed by atoms with van der Waals surface area (Å²) in [5.74, 6) is 0.238. The van der Waals surface area contributed by atoms with E-state index in [1.807, 2.05) is 0 Å². The predicted octanol–water partition coefficient (Wildman–Crippen LogP) is 0.248. The highest BCUT2D eigenvalue weighted by molar-refractivity contribution is 5.75. The predicted molar refractivity (Wildman–Crippen MR) is 81.7 cm³/mol. The van der Waals surface area contributed by atoms with Crippen LogP contribution in [0.15, 0.2) is 21.7 Å². The average Bonchev–Trinajstić information content (AvgIpc) is 2.49. The number of amides is 1. The molecule has 7 heteroatoms. The zero-order valence-corrected chi connectivity index (χ0v) is 12.8. The topological polar surface area (TPSA) is 93.2 Å². The number of rotatable bonds is 6. The second kappa shape index (κ2) is 7.93. The highest BCUT2D eigenvalue weighted by Gasteiger charge is 2.21. The molecule has 0 saturated heterocycles. The van der Waals surface area contributed by atoms with Crippen molar-refractivity contribution in [3.63, 3.8) is 0 Å². The molecular formula is C15H23N3O4. The van der Waals surface area contributed by atoms with Gasteiger partial charge in [-0.3, -0.25) is 19.5 Å². The molecule has 2 atom stereocenters. The number of hydrogen-bond acceptors (Lipinski definition) is 4. The largest absolute Gasteiger partial charge is 0.376 e. The average molecular weight is 309 g/mol. The number of nitrogens with one attached hydrogen (secondary N) is 2. The standard InChI is InChI=1S/C15H23N3O4/c1-11-4-2-3-5-12(11)22-9-8-16-14(20)10-18-15(21)7-6-13(19)17-18/h6-7,11-12H,2-5,8-10H2,1H3,(H,16,20)(H,17,19)/t11-,12-/m1/s1. The summed E-state index contributed by atoms with van der Waals surface area (Å²) in [5, 5.41) is 5.00. The van der Waals surface area contributed by atoms with E-state index in [1.54, 1.807) is 0 Å². The van der Waals surface area contributed by atoms with Crippen LogP contribution >= 0.6 is 0 Å². The molecule has 122 valence electrons. The van der Waals surface area contributed by atoms with Crippen LogP contribution in [0, 0.1) is 5.92 Å². The number of aromatic amines is 1. The Morgan fingerprint density at radius 1 is 1.36 bits per heavy atom. The van der Waals surface area contributed by atoms with Crippen molar-refractivity contribution < 1.29 is 9.53 Å². The van der Waals surface area contributed by atoms with Crippen LogP contribution in [0.25, 0.3) is 0 Å². The van der Waals surface area contributed by atoms with Gasteiger partial charge in [0.25, 0.3) is 11.1 Å². The van der Waals surface area contributed by atoms with Gasteiger partial charge in [0.15, 0.2) is 0 Å². The highest BCUT2D eigenvalue weighted by Crippen LogP contribution is 2.25. The lowest BCUT2D eigenvalue weighted by Gasteiger charge is -2.28. The van der Waals surface area contributed by atoms with Gasteiger partial charge in [-0.05, 0) is 18.8 Å². The van der Waals surface area contributed by atoms with Gasteiger partial charge < -0.3 is 10.1 Å². The first-order valence-electron chi connectivity index (χ1n) is 7.75. The van der Waals surface area contributed by atoms with E-state index >= 15 is 0 Å². The first-order chi connectivity index (χ1) is 10.6. The summed E-state index contributed by atoms with van der Waals surface area (Å²) in [7, 11) is 0. The van der Waals surface area contributed by atoms with Crippen molar-refractivity contribution in [2.45, 2.75) is 45.3 Å². The molecule has 1 aliphatic rings. The molecule has 0 bridgehead atoms. The number of nitrogens with zero attached hydrogens (tertiary/aromatic N) is 1. The SMILES string of the molecule is C[C@@H]1CCCC[C@H]1OCCNC(=O)Cn1[nH]c(=O)ccc1=O. The summed E-state index contributed by atoms with van der Waals surface area (Å²) >= 11 is 0. The minimum atomic E-state index is -0.415. The second-order valence-electron chi connectivity index (χ2n) is 5.75. The van der Waals surface area contributed by atoms with Crippen LogP contribution in [0.4, 0.5) is 0 Å². The molecule has 2 rings (SSSR count). The number of H-pyrrole nitrogens is 1. The summed E-state index contributed by atoms with van der Waals surface area (Å²) in [5.41, 5.74) is -0.830. The third-order valence-electron chi connectivity index (χ3n) is 3.98. The van der Waals surface area contributed by atoms with E-state index in [1.165, 1.54) is 19.3 Å². The molecule has 7 nitrogen and oxygen atoms in total. The van der Waals surface area contributed by atoms with Crippen LogP contribution in [-0.2, 0) is 16.1 Å². The quantitative estimate of drug-likeness (QED) is 0.737. The Hall–Kier alpha value is -1.89. The molecular weight excluding hydrogens is 286 g/mol. The molecule has 1 amide bonds. The molecule has 0 aromatic carbocycles. The molecule has 22 heavy (non-hydrogen) atoms. The molecule has 0 unspecified atom stereocenters. The van der Waals surface area contributed by atoms with E-state index in [2.05, 4.69) is 17.3 Å². The zero-order chi connectivity index (χ0) is 15.9. The molecule has 2 N–H and O–H groups in total. The lowest BCUT2D eigenvalue weighted by atomic mass is 9.88. The third-order valence-corrected chi connectivity index (χ3v) is 3.98. The van der Waals surface area contributed by atoms with Crippen LogP contribution in [-0.4, -0.2) is 34.9 Å². The minimum absolute atomic E-state index is 0.200. The van der Waals surface area contributed by atoms with Crippen LogP contribution in [0.2, 0.25) is 0 Å². The van der Waals surface area contributed by atoms with Gasteiger partial charge in [-0.2, -0.15) is 0 Å². The molecule has 0 aliphatic heterocycles. The van der Waals surface area contributed by atoms with Crippen molar-refractivity contribution in [2.75, 3.05) is 13.2 Å². The van der Waals surface area contributed by atoms with E-state index in [0.29, 0.717) is 19.1 Å². The first kappa shape index (κ1) is 16.5. The Kier molecular flexibility index (Phi) is 5.94. The Bertz CT molecular complexity index is 607. The second-order valence-corrected chi connectivity index (χ2v) is 5.75. The number of ether oxygens (including phenoxy) is 1. The Balaban J connectivity index is 1.70. The van der Waals surface area contributed by atoms with Gasteiger partial charge in [0.1, 0.15) is 6.54 Å². The number of hydrogen-bond donors (Lipinski definition) is 2. The minimum Gasteiger partial charge on any atom is -0.376 e. The Morgan fingerprint density at radius 3 is 2.91 bits per heavy atom. The summed E-state index contributed by atoms with van der Waals surface area (Å²) in [6.07, 6.45) is 5.02. The fourth-order valence-corrected chi connectivity index (χ4v) is 2.71. The number of carbonyl (C=O) groups is 1. The van der Waals surface area contributed by atoms with Crippen molar-refractivity contribution in [3.05, 3.63) is 32.8 Å². The number of carbonyl (C=O) groups excluding carboxylic acids is 1. The van der Waals surface area contributed by atoms with Crippen LogP contribution in [0.1, 0.15) is 32.6 Å². The van der Waals surface area contributed by atoms with Crippen molar-refractivity contribution in [2.24, 2.45) is 5.92 Å². The van der Waals surface area contributed by atoms with Crippen molar-refractivity contribution in [1.82, 2.24) is 15.1 Å². The molecule has 1 aliphatic carbocycles. The van der Waals surface area contributed by atoms with Gasteiger partial charge in [-0.1, -0.05) is 19.8 Å². The van der Waals surface area contributed by atoms with Gasteiger partial charge >= 0.3 is 0 Å². The van der Waals surface area contributed by atoms with Crippen molar-refractivity contribution in [3.8, 4) is 0 Å². The molecule has 1 aromatic rings. The summed E-state index contributed by atoms with van der Waals surface area (Å²) in [4.78, 5) is 34.3. The molecule has 1 aromatic heterocycles. The van der Waals surface area contributed by atoms with Gasteiger partial charge in [-0.15, -0.1) is 0 Å². The van der Waals surface area contributed by atoms with Gasteiger partial charge in [0, 0.05) is 18.7 Å². The fraction of sp³-hybridized carbons (Fsp3) is 0.667.